The number of ether oxygens (including phenoxy) is 3. The Hall–Kier alpha value is -0.930. The van der Waals surface area contributed by atoms with E-state index >= 15 is 0 Å². The van der Waals surface area contributed by atoms with Crippen LogP contribution in [0, 0.1) is 0 Å². The molecule has 2 aliphatic heterocycles. The molecular weight excluding hydrogens is 358 g/mol. The van der Waals surface area contributed by atoms with Crippen LogP contribution in [-0.2, 0) is 19.0 Å². The average molecular weight is 383 g/mol. The number of hydrogen-bond acceptors (Lipinski definition) is 11. The Bertz CT molecular complexity index is 478. The van der Waals surface area contributed by atoms with Gasteiger partial charge in [-0.25, -0.2) is 0 Å². The molecule has 2 heterocycles. The van der Waals surface area contributed by atoms with Crippen LogP contribution in [-0.4, -0.2) is 116 Å². The molecule has 0 spiro atoms. The minimum atomic E-state index is -1.75. The highest BCUT2D eigenvalue weighted by atomic mass is 16.7. The van der Waals surface area contributed by atoms with Crippen molar-refractivity contribution in [2.45, 2.75) is 68.3 Å². The zero-order chi connectivity index (χ0) is 19.6. The molecule has 0 unspecified atom stereocenters. The normalized spacial score (nSPS) is 46.8. The van der Waals surface area contributed by atoms with E-state index in [1.165, 1.54) is 0 Å². The van der Waals surface area contributed by atoms with Gasteiger partial charge in [0.1, 0.15) is 48.8 Å². The summed E-state index contributed by atoms with van der Waals surface area (Å²) in [6, 6.07) is -1.28. The maximum atomic E-state index is 11.4. The summed E-state index contributed by atoms with van der Waals surface area (Å²) in [5.74, 6) is -0.574. The lowest BCUT2D eigenvalue weighted by Gasteiger charge is -2.46. The third kappa shape index (κ3) is 4.31. The predicted octanol–water partition coefficient (Wildman–Crippen LogP) is -5.25. The van der Waals surface area contributed by atoms with E-state index in [9.17, 15) is 40.5 Å². The van der Waals surface area contributed by atoms with Gasteiger partial charge in [-0.3, -0.25) is 4.79 Å². The first-order valence-corrected chi connectivity index (χ1v) is 8.06. The summed E-state index contributed by atoms with van der Waals surface area (Å²) in [6.07, 6.45) is -13.6. The Labute approximate surface area is 148 Å². The van der Waals surface area contributed by atoms with Crippen molar-refractivity contribution in [2.75, 3.05) is 13.2 Å². The van der Waals surface area contributed by atoms with Gasteiger partial charge in [-0.15, -0.1) is 0 Å². The molecule has 0 saturated carbocycles. The molecule has 0 radical (unpaired) electrons. The molecule has 26 heavy (non-hydrogen) atoms. The Morgan fingerprint density at radius 1 is 0.923 bits per heavy atom. The molecule has 0 bridgehead atoms. The summed E-state index contributed by atoms with van der Waals surface area (Å²) >= 11 is 0. The Morgan fingerprint density at radius 3 is 2.08 bits per heavy atom. The van der Waals surface area contributed by atoms with Crippen molar-refractivity contribution < 1.29 is 54.8 Å². The number of carbonyl (C=O) groups excluding carboxylic acids is 1. The van der Waals surface area contributed by atoms with E-state index in [1.807, 2.05) is 0 Å². The average Bonchev–Trinajstić information content (AvgIpc) is 2.60. The molecule has 10 atom stereocenters. The first-order valence-electron chi connectivity index (χ1n) is 8.06. The number of hydrogen-bond donors (Lipinski definition) is 8. The molecule has 0 aliphatic carbocycles. The summed E-state index contributed by atoms with van der Waals surface area (Å²) in [6.45, 7) is -0.194. The molecule has 12 heteroatoms. The van der Waals surface area contributed by atoms with Crippen LogP contribution in [0.1, 0.15) is 6.92 Å². The summed E-state index contributed by atoms with van der Waals surface area (Å²) in [7, 11) is 0. The second-order valence-corrected chi connectivity index (χ2v) is 6.26. The molecular formula is C14H25NO11. The van der Waals surface area contributed by atoms with E-state index < -0.39 is 80.5 Å². The first kappa shape index (κ1) is 21.4. The van der Waals surface area contributed by atoms with E-state index in [4.69, 9.17) is 14.2 Å². The van der Waals surface area contributed by atoms with Crippen LogP contribution in [0.4, 0.5) is 0 Å². The number of aliphatic hydroxyl groups excluding tert-OH is 7. The minimum Gasteiger partial charge on any atom is -0.394 e. The monoisotopic (exact) mass is 383 g/mol. The molecule has 12 nitrogen and oxygen atoms in total. The van der Waals surface area contributed by atoms with Gasteiger partial charge < -0.3 is 55.3 Å². The fourth-order valence-electron chi connectivity index (χ4n) is 2.98. The third-order valence-electron chi connectivity index (χ3n) is 4.38. The van der Waals surface area contributed by atoms with Gasteiger partial charge >= 0.3 is 0 Å². The quantitative estimate of drug-likeness (QED) is 0.226. The highest BCUT2D eigenvalue weighted by Crippen LogP contribution is 2.28. The molecule has 152 valence electrons. The van der Waals surface area contributed by atoms with E-state index in [2.05, 4.69) is 5.32 Å². The van der Waals surface area contributed by atoms with Gasteiger partial charge in [0, 0.05) is 6.92 Å². The molecule has 2 rings (SSSR count). The van der Waals surface area contributed by atoms with Crippen LogP contribution in [0.25, 0.3) is 0 Å². The third-order valence-corrected chi connectivity index (χ3v) is 4.38. The second kappa shape index (κ2) is 8.84. The number of aliphatic hydroxyl groups is 7. The van der Waals surface area contributed by atoms with E-state index in [1.54, 1.807) is 0 Å². The van der Waals surface area contributed by atoms with Crippen molar-refractivity contribution in [3.05, 3.63) is 0 Å². The van der Waals surface area contributed by atoms with Crippen molar-refractivity contribution >= 4 is 5.91 Å². The van der Waals surface area contributed by atoms with E-state index in [-0.39, 0.29) is 0 Å². The summed E-state index contributed by atoms with van der Waals surface area (Å²) < 4.78 is 15.8. The summed E-state index contributed by atoms with van der Waals surface area (Å²) in [5, 5.41) is 70.5. The minimum absolute atomic E-state index is 0.574. The van der Waals surface area contributed by atoms with Crippen molar-refractivity contribution in [2.24, 2.45) is 0 Å². The van der Waals surface area contributed by atoms with Gasteiger partial charge in [0.2, 0.25) is 5.91 Å². The second-order valence-electron chi connectivity index (χ2n) is 6.26. The number of carbonyl (C=O) groups is 1. The van der Waals surface area contributed by atoms with Crippen LogP contribution >= 0.6 is 0 Å². The van der Waals surface area contributed by atoms with Crippen LogP contribution in [0.3, 0.4) is 0 Å². The van der Waals surface area contributed by atoms with Gasteiger partial charge in [-0.1, -0.05) is 0 Å². The van der Waals surface area contributed by atoms with Gasteiger partial charge in [0.15, 0.2) is 12.6 Å². The molecule has 2 fully saturated rings. The molecule has 0 aromatic rings. The maximum absolute atomic E-state index is 11.4. The topological polar surface area (TPSA) is 198 Å². The fraction of sp³-hybridized carbons (Fsp3) is 0.929. The summed E-state index contributed by atoms with van der Waals surface area (Å²) in [4.78, 5) is 11.4. The Morgan fingerprint density at radius 2 is 1.54 bits per heavy atom. The SMILES string of the molecule is CC(=O)N[C@@H]1[C@H](O[C@@H]2[C@H](O)[C@@H](O)[C@@H](O)O[C@@H]2CO)O[C@H](CO)[C@@H](O)[C@@H]1O. The lowest BCUT2D eigenvalue weighted by atomic mass is 9.95. The van der Waals surface area contributed by atoms with Crippen molar-refractivity contribution in [3.63, 3.8) is 0 Å². The molecule has 2 aliphatic rings. The highest BCUT2D eigenvalue weighted by Gasteiger charge is 2.50. The zero-order valence-corrected chi connectivity index (χ0v) is 14.0. The standard InChI is InChI=1S/C14H25NO11/c1-4(18)15-7-9(20)8(19)5(2-16)25-14(7)26-12-6(3-17)24-13(23)11(22)10(12)21/h5-14,16-17,19-23H,2-3H2,1H3,(H,15,18)/t5-,6-,7+,8-,9-,10-,11-,12+,13+,14+/m1/s1. The number of amides is 1. The van der Waals surface area contributed by atoms with Crippen LogP contribution in [0.5, 0.6) is 0 Å². The molecule has 2 saturated heterocycles. The molecule has 0 aromatic heterocycles. The van der Waals surface area contributed by atoms with Crippen LogP contribution < -0.4 is 5.32 Å². The van der Waals surface area contributed by atoms with Crippen LogP contribution in [0.15, 0.2) is 0 Å². The lowest BCUT2D eigenvalue weighted by molar-refractivity contribution is -0.341. The van der Waals surface area contributed by atoms with E-state index in [0.29, 0.717) is 0 Å². The van der Waals surface area contributed by atoms with Crippen molar-refractivity contribution in [1.82, 2.24) is 5.32 Å². The van der Waals surface area contributed by atoms with Gasteiger partial charge in [0.25, 0.3) is 0 Å². The van der Waals surface area contributed by atoms with Crippen LogP contribution in [0.2, 0.25) is 0 Å². The first-order chi connectivity index (χ1) is 12.2. The van der Waals surface area contributed by atoms with Gasteiger partial charge in [-0.2, -0.15) is 0 Å². The number of nitrogens with one attached hydrogen (secondary N) is 1. The number of rotatable bonds is 5. The van der Waals surface area contributed by atoms with Gasteiger partial charge in [-0.05, 0) is 0 Å². The zero-order valence-electron chi connectivity index (χ0n) is 14.0. The lowest BCUT2D eigenvalue weighted by Crippen LogP contribution is -2.67. The summed E-state index contributed by atoms with van der Waals surface area (Å²) in [5.41, 5.74) is 0. The smallest absolute Gasteiger partial charge is 0.217 e. The van der Waals surface area contributed by atoms with Crippen molar-refractivity contribution in [3.8, 4) is 0 Å². The molecule has 1 amide bonds. The fourth-order valence-corrected chi connectivity index (χ4v) is 2.98. The van der Waals surface area contributed by atoms with Gasteiger partial charge in [0.05, 0.1) is 13.2 Å². The Kier molecular flexibility index (Phi) is 7.27. The maximum Gasteiger partial charge on any atom is 0.217 e. The highest BCUT2D eigenvalue weighted by molar-refractivity contribution is 5.73. The van der Waals surface area contributed by atoms with Crippen molar-refractivity contribution in [1.29, 1.82) is 0 Å². The predicted molar refractivity (Wildman–Crippen MR) is 80.2 cm³/mol. The Balaban J connectivity index is 2.22. The molecule has 0 aromatic carbocycles. The molecule has 8 N–H and O–H groups in total. The largest absolute Gasteiger partial charge is 0.394 e. The van der Waals surface area contributed by atoms with E-state index in [0.717, 1.165) is 6.92 Å².